The molecule has 28 heavy (non-hydrogen) atoms. The average Bonchev–Trinajstić information content (AvgIpc) is 2.67. The Morgan fingerprint density at radius 3 is 2.11 bits per heavy atom. The third-order valence-electron chi connectivity index (χ3n) is 4.48. The van der Waals surface area contributed by atoms with Crippen LogP contribution < -0.4 is 0 Å². The van der Waals surface area contributed by atoms with E-state index in [1.165, 1.54) is 6.07 Å². The van der Waals surface area contributed by atoms with Crippen molar-refractivity contribution in [3.8, 4) is 0 Å². The molecule has 0 aliphatic heterocycles. The fourth-order valence-electron chi connectivity index (χ4n) is 2.79. The summed E-state index contributed by atoms with van der Waals surface area (Å²) in [6.45, 7) is 4.18. The Bertz CT molecular complexity index is 644. The zero-order chi connectivity index (χ0) is 20.8. The zero-order valence-electron chi connectivity index (χ0n) is 16.9. The van der Waals surface area contributed by atoms with Crippen LogP contribution in [0, 0.1) is 17.0 Å². The smallest absolute Gasteiger partial charge is 0.306 e. The van der Waals surface area contributed by atoms with Gasteiger partial charge in [-0.2, -0.15) is 0 Å². The quantitative estimate of drug-likeness (QED) is 0.191. The summed E-state index contributed by atoms with van der Waals surface area (Å²) in [7, 11) is 0. The van der Waals surface area contributed by atoms with Crippen LogP contribution in [0.1, 0.15) is 75.8 Å². The number of esters is 2. The minimum absolute atomic E-state index is 0.0344. The van der Waals surface area contributed by atoms with Crippen LogP contribution in [0.2, 0.25) is 0 Å². The molecule has 0 saturated carbocycles. The first-order chi connectivity index (χ1) is 13.5. The minimum atomic E-state index is -0.436. The third-order valence-corrected chi connectivity index (χ3v) is 4.48. The highest BCUT2D eigenvalue weighted by atomic mass is 16.6. The lowest BCUT2D eigenvalue weighted by Crippen LogP contribution is -2.06. The van der Waals surface area contributed by atoms with Crippen molar-refractivity contribution in [2.24, 2.45) is 0 Å². The van der Waals surface area contributed by atoms with Crippen LogP contribution in [0.4, 0.5) is 5.69 Å². The van der Waals surface area contributed by atoms with Crippen molar-refractivity contribution in [1.29, 1.82) is 0 Å². The van der Waals surface area contributed by atoms with Gasteiger partial charge in [0.15, 0.2) is 0 Å². The Balaban J connectivity index is 2.10. The first-order valence-electron chi connectivity index (χ1n) is 9.99. The van der Waals surface area contributed by atoms with Gasteiger partial charge in [-0.15, -0.1) is 0 Å². The van der Waals surface area contributed by atoms with E-state index < -0.39 is 4.92 Å². The maximum atomic E-state index is 11.8. The number of nitro groups is 1. The summed E-state index contributed by atoms with van der Waals surface area (Å²) in [5.74, 6) is -0.409. The van der Waals surface area contributed by atoms with Gasteiger partial charge < -0.3 is 9.47 Å². The van der Waals surface area contributed by atoms with Crippen molar-refractivity contribution < 1.29 is 24.0 Å². The molecule has 1 aromatic carbocycles. The summed E-state index contributed by atoms with van der Waals surface area (Å²) >= 11 is 0. The van der Waals surface area contributed by atoms with Gasteiger partial charge in [-0.3, -0.25) is 19.7 Å². The van der Waals surface area contributed by atoms with Gasteiger partial charge in [-0.1, -0.05) is 44.7 Å². The molecule has 0 amide bonds. The molecule has 156 valence electrons. The number of carbonyl (C=O) groups excluding carboxylic acids is 2. The SMILES string of the molecule is CCCOC(=O)CCCCCCCCC(=O)OCc1cccc([N+](=O)[O-])c1C. The normalized spacial score (nSPS) is 10.5. The van der Waals surface area contributed by atoms with Crippen LogP contribution in [0.5, 0.6) is 0 Å². The molecule has 0 aromatic heterocycles. The summed E-state index contributed by atoms with van der Waals surface area (Å²) in [6, 6.07) is 4.76. The van der Waals surface area contributed by atoms with E-state index in [9.17, 15) is 19.7 Å². The first-order valence-corrected chi connectivity index (χ1v) is 9.99. The predicted octanol–water partition coefficient (Wildman–Crippen LogP) is 5.02. The molecule has 0 N–H and O–H groups in total. The van der Waals surface area contributed by atoms with Crippen LogP contribution in [0.3, 0.4) is 0 Å². The topological polar surface area (TPSA) is 95.7 Å². The fourth-order valence-corrected chi connectivity index (χ4v) is 2.79. The standard InChI is InChI=1S/C21H31NO6/c1-3-15-27-20(23)13-8-6-4-5-7-9-14-21(24)28-16-18-11-10-12-19(17(18)2)22(25)26/h10-12H,3-9,13-16H2,1-2H3. The lowest BCUT2D eigenvalue weighted by molar-refractivity contribution is -0.385. The summed E-state index contributed by atoms with van der Waals surface area (Å²) in [5, 5.41) is 10.9. The first kappa shape index (κ1) is 23.6. The van der Waals surface area contributed by atoms with E-state index in [0.717, 1.165) is 44.9 Å². The highest BCUT2D eigenvalue weighted by Gasteiger charge is 2.14. The summed E-state index contributed by atoms with van der Waals surface area (Å²) in [6.07, 6.45) is 7.23. The molecule has 0 atom stereocenters. The fraction of sp³-hybridized carbons (Fsp3) is 0.619. The number of unbranched alkanes of at least 4 members (excludes halogenated alkanes) is 5. The molecule has 0 unspecified atom stereocenters. The van der Waals surface area contributed by atoms with E-state index in [1.807, 2.05) is 6.92 Å². The molecule has 0 aliphatic rings. The second kappa shape index (κ2) is 13.7. The number of benzene rings is 1. The van der Waals surface area contributed by atoms with Gasteiger partial charge in [0.2, 0.25) is 0 Å². The number of carbonyl (C=O) groups is 2. The van der Waals surface area contributed by atoms with Gasteiger partial charge in [0.05, 0.1) is 11.5 Å². The lowest BCUT2D eigenvalue weighted by Gasteiger charge is -2.08. The van der Waals surface area contributed by atoms with E-state index in [-0.39, 0.29) is 24.2 Å². The van der Waals surface area contributed by atoms with E-state index in [0.29, 0.717) is 30.6 Å². The van der Waals surface area contributed by atoms with Crippen molar-refractivity contribution in [2.75, 3.05) is 6.61 Å². The molecule has 0 bridgehead atoms. The average molecular weight is 393 g/mol. The molecule has 1 aromatic rings. The molecule has 0 aliphatic carbocycles. The summed E-state index contributed by atoms with van der Waals surface area (Å²) in [4.78, 5) is 33.7. The Morgan fingerprint density at radius 2 is 1.54 bits per heavy atom. The van der Waals surface area contributed by atoms with E-state index in [4.69, 9.17) is 9.47 Å². The van der Waals surface area contributed by atoms with Crippen LogP contribution in [-0.4, -0.2) is 23.5 Å². The molecule has 0 spiro atoms. The van der Waals surface area contributed by atoms with Gasteiger partial charge in [-0.05, 0) is 31.7 Å². The molecular formula is C21H31NO6. The van der Waals surface area contributed by atoms with Crippen LogP contribution in [0.25, 0.3) is 0 Å². The molecule has 7 heteroatoms. The molecule has 0 fully saturated rings. The van der Waals surface area contributed by atoms with Gasteiger partial charge in [-0.25, -0.2) is 0 Å². The maximum absolute atomic E-state index is 11.8. The van der Waals surface area contributed by atoms with Crippen molar-refractivity contribution in [3.05, 3.63) is 39.4 Å². The molecule has 0 saturated heterocycles. The van der Waals surface area contributed by atoms with Crippen molar-refractivity contribution in [3.63, 3.8) is 0 Å². The second-order valence-electron chi connectivity index (χ2n) is 6.82. The summed E-state index contributed by atoms with van der Waals surface area (Å²) < 4.78 is 10.3. The van der Waals surface area contributed by atoms with Crippen LogP contribution in [0.15, 0.2) is 18.2 Å². The monoisotopic (exact) mass is 393 g/mol. The number of nitro benzene ring substituents is 1. The number of hydrogen-bond acceptors (Lipinski definition) is 6. The van der Waals surface area contributed by atoms with Crippen LogP contribution in [-0.2, 0) is 25.7 Å². The van der Waals surface area contributed by atoms with Crippen molar-refractivity contribution >= 4 is 17.6 Å². The van der Waals surface area contributed by atoms with Gasteiger partial charge in [0, 0.05) is 24.5 Å². The van der Waals surface area contributed by atoms with Crippen molar-refractivity contribution in [1.82, 2.24) is 0 Å². The number of rotatable bonds is 14. The predicted molar refractivity (Wildman–Crippen MR) is 106 cm³/mol. The minimum Gasteiger partial charge on any atom is -0.466 e. The molecule has 0 heterocycles. The molecule has 1 rings (SSSR count). The third kappa shape index (κ3) is 9.48. The molecule has 0 radical (unpaired) electrons. The Morgan fingerprint density at radius 1 is 0.964 bits per heavy atom. The molecular weight excluding hydrogens is 362 g/mol. The van der Waals surface area contributed by atoms with Gasteiger partial charge >= 0.3 is 11.9 Å². The van der Waals surface area contributed by atoms with E-state index >= 15 is 0 Å². The number of nitrogens with zero attached hydrogens (tertiary/aromatic N) is 1. The van der Waals surface area contributed by atoms with Crippen molar-refractivity contribution in [2.45, 2.75) is 78.2 Å². The Kier molecular flexibility index (Phi) is 11.5. The van der Waals surface area contributed by atoms with Gasteiger partial charge in [0.25, 0.3) is 5.69 Å². The zero-order valence-corrected chi connectivity index (χ0v) is 16.9. The highest BCUT2D eigenvalue weighted by Crippen LogP contribution is 2.21. The van der Waals surface area contributed by atoms with Gasteiger partial charge in [0.1, 0.15) is 6.61 Å². The maximum Gasteiger partial charge on any atom is 0.306 e. The number of hydrogen-bond donors (Lipinski definition) is 0. The Hall–Kier alpha value is -2.44. The lowest BCUT2D eigenvalue weighted by atomic mass is 10.1. The summed E-state index contributed by atoms with van der Waals surface area (Å²) in [5.41, 5.74) is 1.21. The van der Waals surface area contributed by atoms with Crippen LogP contribution >= 0.6 is 0 Å². The Labute approximate surface area is 166 Å². The highest BCUT2D eigenvalue weighted by molar-refractivity contribution is 5.69. The second-order valence-corrected chi connectivity index (χ2v) is 6.82. The van der Waals surface area contributed by atoms with E-state index in [1.54, 1.807) is 19.1 Å². The molecule has 7 nitrogen and oxygen atoms in total. The van der Waals surface area contributed by atoms with E-state index in [2.05, 4.69) is 0 Å². The number of ether oxygens (including phenoxy) is 2. The largest absolute Gasteiger partial charge is 0.466 e.